The highest BCUT2D eigenvalue weighted by atomic mass is 79.9. The molecule has 1 fully saturated rings. The minimum atomic E-state index is -3.32. The molecule has 4 nitrogen and oxygen atoms in total. The SMILES string of the molecule is O=S(=O)(NCc1ccc(Br)cc1)N1CCCCC1. The van der Waals surface area contributed by atoms with E-state index in [1.165, 1.54) is 4.31 Å². The first-order chi connectivity index (χ1) is 8.58. The van der Waals surface area contributed by atoms with Crippen LogP contribution < -0.4 is 4.72 Å². The molecule has 0 atom stereocenters. The van der Waals surface area contributed by atoms with Gasteiger partial charge in [-0.05, 0) is 30.5 Å². The van der Waals surface area contributed by atoms with Gasteiger partial charge in [0.05, 0.1) is 0 Å². The van der Waals surface area contributed by atoms with Crippen LogP contribution in [0.3, 0.4) is 0 Å². The zero-order chi connectivity index (χ0) is 13.0. The van der Waals surface area contributed by atoms with Gasteiger partial charge in [-0.1, -0.05) is 34.5 Å². The Morgan fingerprint density at radius 1 is 1.11 bits per heavy atom. The molecule has 18 heavy (non-hydrogen) atoms. The molecule has 0 unspecified atom stereocenters. The monoisotopic (exact) mass is 332 g/mol. The van der Waals surface area contributed by atoms with Gasteiger partial charge < -0.3 is 0 Å². The number of benzene rings is 1. The van der Waals surface area contributed by atoms with E-state index in [4.69, 9.17) is 0 Å². The molecule has 0 aromatic heterocycles. The van der Waals surface area contributed by atoms with Crippen LogP contribution in [-0.4, -0.2) is 25.8 Å². The molecule has 1 heterocycles. The molecular formula is C12H17BrN2O2S. The van der Waals surface area contributed by atoms with Crippen LogP contribution >= 0.6 is 15.9 Å². The third kappa shape index (κ3) is 3.78. The van der Waals surface area contributed by atoms with Gasteiger partial charge in [-0.3, -0.25) is 0 Å². The summed E-state index contributed by atoms with van der Waals surface area (Å²) in [4.78, 5) is 0. The third-order valence-corrected chi connectivity index (χ3v) is 5.11. The zero-order valence-corrected chi connectivity index (χ0v) is 12.5. The fraction of sp³-hybridized carbons (Fsp3) is 0.500. The average molecular weight is 333 g/mol. The predicted octanol–water partition coefficient (Wildman–Crippen LogP) is 2.27. The van der Waals surface area contributed by atoms with E-state index in [0.29, 0.717) is 19.6 Å². The maximum absolute atomic E-state index is 12.0. The summed E-state index contributed by atoms with van der Waals surface area (Å²) in [5.74, 6) is 0. The van der Waals surface area contributed by atoms with Gasteiger partial charge in [-0.15, -0.1) is 0 Å². The molecule has 2 rings (SSSR count). The summed E-state index contributed by atoms with van der Waals surface area (Å²) in [6.45, 7) is 1.61. The maximum atomic E-state index is 12.0. The molecule has 1 aliphatic heterocycles. The summed E-state index contributed by atoms with van der Waals surface area (Å²) >= 11 is 3.35. The van der Waals surface area contributed by atoms with Gasteiger partial charge in [-0.2, -0.15) is 17.4 Å². The van der Waals surface area contributed by atoms with E-state index >= 15 is 0 Å². The third-order valence-electron chi connectivity index (χ3n) is 3.03. The second-order valence-corrected chi connectivity index (χ2v) is 7.08. The molecule has 1 aliphatic rings. The molecule has 1 aromatic rings. The minimum absolute atomic E-state index is 0.339. The highest BCUT2D eigenvalue weighted by Crippen LogP contribution is 2.13. The molecule has 0 amide bonds. The number of hydrogen-bond acceptors (Lipinski definition) is 2. The summed E-state index contributed by atoms with van der Waals surface area (Å²) in [6, 6.07) is 7.63. The molecule has 1 saturated heterocycles. The predicted molar refractivity (Wildman–Crippen MR) is 75.3 cm³/mol. The fourth-order valence-corrected chi connectivity index (χ4v) is 3.51. The normalized spacial score (nSPS) is 17.8. The van der Waals surface area contributed by atoms with Crippen molar-refractivity contribution in [1.82, 2.24) is 9.03 Å². The Labute approximate surface area is 117 Å². The summed E-state index contributed by atoms with van der Waals surface area (Å²) < 4.78 is 29.2. The van der Waals surface area contributed by atoms with Crippen LogP contribution in [0.25, 0.3) is 0 Å². The Morgan fingerprint density at radius 2 is 1.72 bits per heavy atom. The quantitative estimate of drug-likeness (QED) is 0.919. The molecule has 1 N–H and O–H groups in total. The lowest BCUT2D eigenvalue weighted by Gasteiger charge is -2.25. The standard InChI is InChI=1S/C12H17BrN2O2S/c13-12-6-4-11(5-7-12)10-14-18(16,17)15-8-2-1-3-9-15/h4-7,14H,1-3,8-10H2. The maximum Gasteiger partial charge on any atom is 0.279 e. The van der Waals surface area contributed by atoms with E-state index in [0.717, 1.165) is 29.3 Å². The number of piperidine rings is 1. The topological polar surface area (TPSA) is 49.4 Å². The van der Waals surface area contributed by atoms with Crippen molar-refractivity contribution in [2.24, 2.45) is 0 Å². The highest BCUT2D eigenvalue weighted by Gasteiger charge is 2.22. The highest BCUT2D eigenvalue weighted by molar-refractivity contribution is 9.10. The van der Waals surface area contributed by atoms with Gasteiger partial charge in [0.1, 0.15) is 0 Å². The Morgan fingerprint density at radius 3 is 2.33 bits per heavy atom. The van der Waals surface area contributed by atoms with Crippen molar-refractivity contribution in [1.29, 1.82) is 0 Å². The lowest BCUT2D eigenvalue weighted by atomic mass is 10.2. The summed E-state index contributed by atoms with van der Waals surface area (Å²) in [7, 11) is -3.32. The first-order valence-electron chi connectivity index (χ1n) is 6.07. The Kier molecular flexibility index (Phi) is 4.77. The first kappa shape index (κ1) is 14.0. The van der Waals surface area contributed by atoms with Gasteiger partial charge in [0.25, 0.3) is 10.2 Å². The van der Waals surface area contributed by atoms with Crippen LogP contribution in [0.2, 0.25) is 0 Å². The summed E-state index contributed by atoms with van der Waals surface area (Å²) in [5.41, 5.74) is 0.957. The molecule has 0 aliphatic carbocycles. The number of halogens is 1. The summed E-state index contributed by atoms with van der Waals surface area (Å²) in [6.07, 6.45) is 3.04. The summed E-state index contributed by atoms with van der Waals surface area (Å²) in [5, 5.41) is 0. The molecule has 0 bridgehead atoms. The van der Waals surface area contributed by atoms with E-state index in [9.17, 15) is 8.42 Å². The smallest absolute Gasteiger partial charge is 0.198 e. The van der Waals surface area contributed by atoms with Gasteiger partial charge in [-0.25, -0.2) is 0 Å². The largest absolute Gasteiger partial charge is 0.279 e. The number of hydrogen-bond donors (Lipinski definition) is 1. The van der Waals surface area contributed by atoms with Gasteiger partial charge in [0.2, 0.25) is 0 Å². The Balaban J connectivity index is 1.94. The molecular weight excluding hydrogens is 316 g/mol. The molecule has 1 aromatic carbocycles. The van der Waals surface area contributed by atoms with Gasteiger partial charge in [0, 0.05) is 24.1 Å². The van der Waals surface area contributed by atoms with Crippen LogP contribution in [0.5, 0.6) is 0 Å². The fourth-order valence-electron chi connectivity index (χ4n) is 1.97. The van der Waals surface area contributed by atoms with Crippen LogP contribution in [0.4, 0.5) is 0 Å². The number of nitrogens with zero attached hydrogens (tertiary/aromatic N) is 1. The number of nitrogens with one attached hydrogen (secondary N) is 1. The van der Waals surface area contributed by atoms with Crippen molar-refractivity contribution in [2.75, 3.05) is 13.1 Å². The second kappa shape index (κ2) is 6.14. The molecule has 100 valence electrons. The lowest BCUT2D eigenvalue weighted by Crippen LogP contribution is -2.43. The molecule has 0 saturated carbocycles. The van der Waals surface area contributed by atoms with E-state index in [2.05, 4.69) is 20.7 Å². The van der Waals surface area contributed by atoms with Crippen molar-refractivity contribution >= 4 is 26.1 Å². The van der Waals surface area contributed by atoms with Gasteiger partial charge in [0.15, 0.2) is 0 Å². The van der Waals surface area contributed by atoms with Crippen LogP contribution in [0, 0.1) is 0 Å². The first-order valence-corrected chi connectivity index (χ1v) is 8.30. The van der Waals surface area contributed by atoms with Crippen molar-refractivity contribution in [3.63, 3.8) is 0 Å². The molecule has 0 radical (unpaired) electrons. The lowest BCUT2D eigenvalue weighted by molar-refractivity contribution is 0.341. The van der Waals surface area contributed by atoms with Crippen LogP contribution in [0.15, 0.2) is 28.7 Å². The van der Waals surface area contributed by atoms with E-state index in [-0.39, 0.29) is 0 Å². The van der Waals surface area contributed by atoms with Crippen molar-refractivity contribution in [3.05, 3.63) is 34.3 Å². The van der Waals surface area contributed by atoms with Crippen molar-refractivity contribution in [2.45, 2.75) is 25.8 Å². The van der Waals surface area contributed by atoms with E-state index < -0.39 is 10.2 Å². The van der Waals surface area contributed by atoms with Crippen molar-refractivity contribution in [3.8, 4) is 0 Å². The van der Waals surface area contributed by atoms with Crippen LogP contribution in [0.1, 0.15) is 24.8 Å². The Bertz CT molecular complexity index is 481. The average Bonchev–Trinajstić information content (AvgIpc) is 2.39. The second-order valence-electron chi connectivity index (χ2n) is 4.41. The molecule has 6 heteroatoms. The van der Waals surface area contributed by atoms with Crippen molar-refractivity contribution < 1.29 is 8.42 Å². The minimum Gasteiger partial charge on any atom is -0.198 e. The van der Waals surface area contributed by atoms with Crippen LogP contribution in [-0.2, 0) is 16.8 Å². The number of rotatable bonds is 4. The zero-order valence-electron chi connectivity index (χ0n) is 10.1. The molecule has 0 spiro atoms. The van der Waals surface area contributed by atoms with Gasteiger partial charge >= 0.3 is 0 Å². The van der Waals surface area contributed by atoms with E-state index in [1.807, 2.05) is 24.3 Å². The van der Waals surface area contributed by atoms with E-state index in [1.54, 1.807) is 0 Å². The Hall–Kier alpha value is -0.430.